The Morgan fingerprint density at radius 1 is 0.870 bits per heavy atom. The topological polar surface area (TPSA) is 71.1 Å². The molecule has 0 spiro atoms. The molecule has 0 bridgehead atoms. The third-order valence-electron chi connectivity index (χ3n) is 1.92. The van der Waals surface area contributed by atoms with Crippen molar-refractivity contribution in [3.8, 4) is 0 Å². The zero-order valence-corrected chi connectivity index (χ0v) is 13.8. The first-order chi connectivity index (χ1) is 11.0. The largest absolute Gasteiger partial charge is 0.460 e. The van der Waals surface area contributed by atoms with E-state index < -0.39 is 5.97 Å². The fourth-order valence-corrected chi connectivity index (χ4v) is 0.910. The molecule has 0 rings (SSSR count). The van der Waals surface area contributed by atoms with Crippen molar-refractivity contribution in [2.75, 3.05) is 39.6 Å². The molecule has 0 aromatic rings. The molecule has 23 heavy (non-hydrogen) atoms. The van der Waals surface area contributed by atoms with Crippen molar-refractivity contribution in [1.29, 1.82) is 0 Å². The highest BCUT2D eigenvalue weighted by atomic mass is 16.6. The minimum absolute atomic E-state index is 0.263. The van der Waals surface area contributed by atoms with Crippen LogP contribution in [-0.4, -0.2) is 51.6 Å². The molecule has 0 atom stereocenters. The summed E-state index contributed by atoms with van der Waals surface area (Å²) in [6.45, 7) is 17.5. The van der Waals surface area contributed by atoms with Gasteiger partial charge in [-0.15, -0.1) is 13.2 Å². The molecule has 6 nitrogen and oxygen atoms in total. The Morgan fingerprint density at radius 3 is 1.74 bits per heavy atom. The van der Waals surface area contributed by atoms with Crippen LogP contribution < -0.4 is 0 Å². The van der Waals surface area contributed by atoms with E-state index in [1.807, 2.05) is 0 Å². The number of hydrogen-bond acceptors (Lipinski definition) is 6. The van der Waals surface area contributed by atoms with Gasteiger partial charge in [-0.05, 0) is 6.92 Å². The van der Waals surface area contributed by atoms with Crippen molar-refractivity contribution >= 4 is 11.9 Å². The molecule has 0 aliphatic rings. The number of hydrogen-bond donors (Lipinski definition) is 0. The van der Waals surface area contributed by atoms with Crippen LogP contribution in [0.25, 0.3) is 0 Å². The average molecular weight is 326 g/mol. The van der Waals surface area contributed by atoms with E-state index in [1.165, 1.54) is 0 Å². The van der Waals surface area contributed by atoms with Gasteiger partial charge in [0.25, 0.3) is 0 Å². The zero-order chi connectivity index (χ0) is 17.9. The van der Waals surface area contributed by atoms with Crippen molar-refractivity contribution in [3.05, 3.63) is 50.1 Å². The van der Waals surface area contributed by atoms with Crippen LogP contribution in [0.1, 0.15) is 6.92 Å². The monoisotopic (exact) mass is 326 g/mol. The third-order valence-corrected chi connectivity index (χ3v) is 1.92. The van der Waals surface area contributed by atoms with Crippen molar-refractivity contribution < 1.29 is 28.5 Å². The maximum atomic E-state index is 10.8. The second-order valence-electron chi connectivity index (χ2n) is 4.02. The van der Waals surface area contributed by atoms with E-state index >= 15 is 0 Å². The molecule has 0 amide bonds. The number of rotatable bonds is 12. The summed E-state index contributed by atoms with van der Waals surface area (Å²) in [6.07, 6.45) is 4.39. The maximum absolute atomic E-state index is 10.8. The van der Waals surface area contributed by atoms with Crippen LogP contribution in [0.5, 0.6) is 0 Å². The summed E-state index contributed by atoms with van der Waals surface area (Å²) in [7, 11) is 0. The second kappa shape index (κ2) is 17.9. The fraction of sp³-hybridized carbons (Fsp3) is 0.412. The molecule has 0 aromatic carbocycles. The first-order valence-electron chi connectivity index (χ1n) is 6.98. The number of esters is 2. The van der Waals surface area contributed by atoms with E-state index in [0.717, 1.165) is 6.08 Å². The van der Waals surface area contributed by atoms with E-state index in [2.05, 4.69) is 31.1 Å². The standard InChI is InChI=1S/C9H14O3.C8H12O3/c1-4-5-11-6-7-12-9(10)8(2)3;1-3-5-10-6-7-11-8(9)4-2/h4H,1-2,5-7H2,3H3;3-4H,1-2,5-7H2. The van der Waals surface area contributed by atoms with Crippen LogP contribution >= 0.6 is 0 Å². The summed E-state index contributed by atoms with van der Waals surface area (Å²) < 4.78 is 19.3. The summed E-state index contributed by atoms with van der Waals surface area (Å²) in [5.41, 5.74) is 0.402. The van der Waals surface area contributed by atoms with Crippen LogP contribution in [0.15, 0.2) is 50.1 Å². The lowest BCUT2D eigenvalue weighted by Crippen LogP contribution is -2.10. The van der Waals surface area contributed by atoms with Crippen molar-refractivity contribution in [2.45, 2.75) is 6.92 Å². The summed E-state index contributed by atoms with van der Waals surface area (Å²) >= 11 is 0. The number of ether oxygens (including phenoxy) is 4. The van der Waals surface area contributed by atoms with Crippen LogP contribution in [-0.2, 0) is 28.5 Å². The summed E-state index contributed by atoms with van der Waals surface area (Å²) in [5, 5.41) is 0. The predicted molar refractivity (Wildman–Crippen MR) is 89.0 cm³/mol. The lowest BCUT2D eigenvalue weighted by Gasteiger charge is -2.03. The molecule has 0 saturated carbocycles. The lowest BCUT2D eigenvalue weighted by molar-refractivity contribution is -0.140. The van der Waals surface area contributed by atoms with E-state index in [-0.39, 0.29) is 19.2 Å². The lowest BCUT2D eigenvalue weighted by atomic mass is 10.4. The maximum Gasteiger partial charge on any atom is 0.333 e. The van der Waals surface area contributed by atoms with Gasteiger partial charge in [-0.3, -0.25) is 0 Å². The van der Waals surface area contributed by atoms with Gasteiger partial charge in [0.15, 0.2) is 0 Å². The van der Waals surface area contributed by atoms with Gasteiger partial charge in [-0.25, -0.2) is 9.59 Å². The SMILES string of the molecule is C=CCOCCOC(=O)C(=C)C.C=CCOCCOC(=O)C=C. The van der Waals surface area contributed by atoms with Crippen molar-refractivity contribution in [1.82, 2.24) is 0 Å². The third kappa shape index (κ3) is 19.8. The minimum atomic E-state index is -0.424. The Hall–Kier alpha value is -2.18. The molecule has 0 unspecified atom stereocenters. The molecule has 0 radical (unpaired) electrons. The van der Waals surface area contributed by atoms with Gasteiger partial charge in [-0.2, -0.15) is 0 Å². The zero-order valence-electron chi connectivity index (χ0n) is 13.8. The van der Waals surface area contributed by atoms with Gasteiger partial charge >= 0.3 is 11.9 Å². The highest BCUT2D eigenvalue weighted by Crippen LogP contribution is 1.91. The van der Waals surface area contributed by atoms with E-state index in [0.29, 0.717) is 32.0 Å². The fourth-order valence-electron chi connectivity index (χ4n) is 0.910. The van der Waals surface area contributed by atoms with E-state index in [9.17, 15) is 9.59 Å². The Morgan fingerprint density at radius 2 is 1.35 bits per heavy atom. The highest BCUT2D eigenvalue weighted by molar-refractivity contribution is 5.86. The normalized spacial score (nSPS) is 8.91. The van der Waals surface area contributed by atoms with Gasteiger partial charge in [-0.1, -0.05) is 25.3 Å². The summed E-state index contributed by atoms with van der Waals surface area (Å²) in [6, 6.07) is 0. The minimum Gasteiger partial charge on any atom is -0.460 e. The van der Waals surface area contributed by atoms with Crippen LogP contribution in [0.4, 0.5) is 0 Å². The molecular weight excluding hydrogens is 300 g/mol. The van der Waals surface area contributed by atoms with Gasteiger partial charge in [0.1, 0.15) is 13.2 Å². The van der Waals surface area contributed by atoms with Gasteiger partial charge < -0.3 is 18.9 Å². The Bertz CT molecular complexity index is 387. The molecule has 0 fully saturated rings. The van der Waals surface area contributed by atoms with Gasteiger partial charge in [0.05, 0.1) is 26.4 Å². The van der Waals surface area contributed by atoms with Crippen molar-refractivity contribution in [3.63, 3.8) is 0 Å². The first-order valence-corrected chi connectivity index (χ1v) is 6.98. The molecule has 0 aliphatic heterocycles. The molecule has 6 heteroatoms. The van der Waals surface area contributed by atoms with Crippen LogP contribution in [0.2, 0.25) is 0 Å². The van der Waals surface area contributed by atoms with Gasteiger partial charge in [0, 0.05) is 11.6 Å². The van der Waals surface area contributed by atoms with E-state index in [1.54, 1.807) is 19.1 Å². The Kier molecular flexibility index (Phi) is 17.9. The number of carbonyl (C=O) groups excluding carboxylic acids is 2. The molecule has 0 aliphatic carbocycles. The molecule has 0 N–H and O–H groups in total. The highest BCUT2D eigenvalue weighted by Gasteiger charge is 2.01. The second-order valence-corrected chi connectivity index (χ2v) is 4.02. The molecule has 130 valence electrons. The van der Waals surface area contributed by atoms with E-state index in [4.69, 9.17) is 14.2 Å². The van der Waals surface area contributed by atoms with Crippen LogP contribution in [0, 0.1) is 0 Å². The summed E-state index contributed by atoms with van der Waals surface area (Å²) in [5.74, 6) is -0.801. The average Bonchev–Trinajstić information content (AvgIpc) is 2.54. The first kappa shape index (κ1) is 23.1. The van der Waals surface area contributed by atoms with Crippen molar-refractivity contribution in [2.24, 2.45) is 0 Å². The Labute approximate surface area is 138 Å². The molecule has 0 heterocycles. The van der Waals surface area contributed by atoms with Gasteiger partial charge in [0.2, 0.25) is 0 Å². The predicted octanol–water partition coefficient (Wildman–Crippen LogP) is 2.23. The number of carbonyl (C=O) groups is 2. The van der Waals surface area contributed by atoms with Crippen LogP contribution in [0.3, 0.4) is 0 Å². The Balaban J connectivity index is 0. The summed E-state index contributed by atoms with van der Waals surface area (Å²) in [4.78, 5) is 21.2. The smallest absolute Gasteiger partial charge is 0.333 e. The molecular formula is C17H26O6. The molecule has 0 aromatic heterocycles. The molecule has 0 saturated heterocycles. The quantitative estimate of drug-likeness (QED) is 0.237.